The molecular formula is C53H62N16O3. The van der Waals surface area contributed by atoms with Crippen LogP contribution in [0, 0.1) is 0 Å². The highest BCUT2D eigenvalue weighted by molar-refractivity contribution is 6.12. The Morgan fingerprint density at radius 1 is 0.556 bits per heavy atom. The highest BCUT2D eigenvalue weighted by Gasteiger charge is 2.19. The molecule has 6 N–H and O–H groups in total. The number of piperidine rings is 1. The average Bonchev–Trinajstić information content (AvgIpc) is 4.05. The predicted octanol–water partition coefficient (Wildman–Crippen LogP) is 7.32. The maximum Gasteiger partial charge on any atom is 0.276 e. The van der Waals surface area contributed by atoms with E-state index in [9.17, 15) is 9.59 Å². The van der Waals surface area contributed by atoms with Gasteiger partial charge in [0.15, 0.2) is 11.4 Å². The molecule has 2 aliphatic heterocycles. The van der Waals surface area contributed by atoms with E-state index < -0.39 is 0 Å². The van der Waals surface area contributed by atoms with Crippen LogP contribution in [0.15, 0.2) is 110 Å². The Labute approximate surface area is 418 Å². The van der Waals surface area contributed by atoms with Gasteiger partial charge in [-0.15, -0.1) is 0 Å². The van der Waals surface area contributed by atoms with Gasteiger partial charge >= 0.3 is 0 Å². The number of nitrogens with one attached hydrogen (secondary N) is 6. The van der Waals surface area contributed by atoms with Crippen molar-refractivity contribution in [2.45, 2.75) is 19.3 Å². The molecule has 0 saturated carbocycles. The molecule has 2 aliphatic rings. The first-order valence-electron chi connectivity index (χ1n) is 24.4. The smallest absolute Gasteiger partial charge is 0.276 e. The van der Waals surface area contributed by atoms with Crippen molar-refractivity contribution in [1.29, 1.82) is 0 Å². The summed E-state index contributed by atoms with van der Waals surface area (Å²) in [5.74, 6) is 0.949. The summed E-state index contributed by atoms with van der Waals surface area (Å²) in [4.78, 5) is 52.7. The molecule has 0 radical (unpaired) electrons. The normalized spacial score (nSPS) is 13.8. The Hall–Kier alpha value is -8.00. The molecule has 0 unspecified atom stereocenters. The topological polar surface area (TPSA) is 213 Å². The Bertz CT molecular complexity index is 2860. The van der Waals surface area contributed by atoms with Crippen LogP contribution in [0.5, 0.6) is 0 Å². The molecule has 0 spiro atoms. The lowest BCUT2D eigenvalue weighted by Gasteiger charge is -2.28. The Morgan fingerprint density at radius 3 is 1.47 bits per heavy atom. The second-order valence-corrected chi connectivity index (χ2v) is 18.4. The third-order valence-corrected chi connectivity index (χ3v) is 12.5. The summed E-state index contributed by atoms with van der Waals surface area (Å²) >= 11 is 0. The number of hydrogen-bond donors (Lipinski definition) is 6. The molecule has 0 atom stereocenters. The zero-order chi connectivity index (χ0) is 49.8. The molecule has 2 amide bonds. The van der Waals surface area contributed by atoms with E-state index in [4.69, 9.17) is 4.74 Å². The molecule has 72 heavy (non-hydrogen) atoms. The summed E-state index contributed by atoms with van der Waals surface area (Å²) in [5.41, 5.74) is 9.67. The second-order valence-electron chi connectivity index (χ2n) is 18.4. The van der Waals surface area contributed by atoms with Crippen LogP contribution in [0.4, 0.5) is 34.4 Å². The van der Waals surface area contributed by atoms with E-state index in [0.29, 0.717) is 22.8 Å². The van der Waals surface area contributed by atoms with Crippen LogP contribution in [0.3, 0.4) is 0 Å². The maximum atomic E-state index is 13.1. The van der Waals surface area contributed by atoms with Gasteiger partial charge in [-0.25, -0.2) is 9.97 Å². The number of nitrogens with zero attached hydrogens (tertiary/aromatic N) is 10. The number of ether oxygens (including phenoxy) is 1. The quantitative estimate of drug-likeness (QED) is 0.0560. The summed E-state index contributed by atoms with van der Waals surface area (Å²) in [6.45, 7) is 8.66. The molecule has 2 saturated heterocycles. The number of H-pyrrole nitrogens is 2. The van der Waals surface area contributed by atoms with Crippen molar-refractivity contribution in [1.82, 2.24) is 50.1 Å². The van der Waals surface area contributed by atoms with Crippen LogP contribution in [0.2, 0.25) is 0 Å². The molecule has 19 heteroatoms. The average molecular weight is 971 g/mol. The molecule has 8 aromatic rings. The number of fused-ring (bicyclic) bond motifs is 2. The number of rotatable bonds is 16. The van der Waals surface area contributed by atoms with Gasteiger partial charge in [-0.1, -0.05) is 12.1 Å². The molecule has 0 bridgehead atoms. The summed E-state index contributed by atoms with van der Waals surface area (Å²) in [5, 5.41) is 28.4. The number of morpholine rings is 1. The fourth-order valence-corrected chi connectivity index (χ4v) is 8.56. The van der Waals surface area contributed by atoms with Gasteiger partial charge in [-0.05, 0) is 119 Å². The number of aromatic amines is 2. The van der Waals surface area contributed by atoms with Crippen LogP contribution < -0.4 is 31.1 Å². The lowest BCUT2D eigenvalue weighted by Crippen LogP contribution is -2.36. The standard InChI is InChI=1S/C27H32N8O.C26H30N8O2/c1-34(2)13-10-29-25-9-7-21(17-30-25)31-27(36)26-23-15-19(6-8-24(23)32-33-26)20-14-22(18-28-16-20)35-11-4-3-5-12-35;1-33(2)8-7-28-24-6-4-20(16-29-24)30-26(35)25-22-14-18(3-5-23(22)31-32-25)19-13-21(17-27-15-19)34-9-11-36-12-10-34/h6-9,14-18H,3-5,10-13H2,1-2H3,(H,29,30)(H,31,36)(H,32,33);3-6,13-17H,7-12H2,1-2H3,(H,28,29)(H,30,35)(H,31,32). The number of benzene rings is 2. The Balaban J connectivity index is 0.000000178. The minimum atomic E-state index is -0.297. The maximum absolute atomic E-state index is 13.1. The van der Waals surface area contributed by atoms with E-state index in [2.05, 4.69) is 93.3 Å². The van der Waals surface area contributed by atoms with Gasteiger partial charge in [0.2, 0.25) is 0 Å². The van der Waals surface area contributed by atoms with Gasteiger partial charge in [0.1, 0.15) is 11.6 Å². The summed E-state index contributed by atoms with van der Waals surface area (Å²) in [6.07, 6.45) is 14.5. The number of aromatic nitrogens is 8. The lowest BCUT2D eigenvalue weighted by molar-refractivity contribution is 0.101. The van der Waals surface area contributed by atoms with Crippen molar-refractivity contribution in [2.24, 2.45) is 0 Å². The fraction of sp³-hybridized carbons (Fsp3) is 0.321. The van der Waals surface area contributed by atoms with E-state index in [0.717, 1.165) is 133 Å². The molecule has 10 rings (SSSR count). The molecule has 6 aromatic heterocycles. The minimum absolute atomic E-state index is 0.284. The molecule has 2 fully saturated rings. The van der Waals surface area contributed by atoms with Gasteiger partial charge in [0.25, 0.3) is 11.8 Å². The number of pyridine rings is 4. The third-order valence-electron chi connectivity index (χ3n) is 12.5. The molecule has 0 aliphatic carbocycles. The summed E-state index contributed by atoms with van der Waals surface area (Å²) < 4.78 is 5.46. The van der Waals surface area contributed by atoms with E-state index in [1.54, 1.807) is 12.4 Å². The van der Waals surface area contributed by atoms with Crippen molar-refractivity contribution in [3.8, 4) is 22.3 Å². The zero-order valence-electron chi connectivity index (χ0n) is 41.3. The predicted molar refractivity (Wildman–Crippen MR) is 286 cm³/mol. The van der Waals surface area contributed by atoms with Crippen molar-refractivity contribution >= 4 is 68.0 Å². The molecule has 19 nitrogen and oxygen atoms in total. The van der Waals surface area contributed by atoms with E-state index in [1.807, 2.05) is 114 Å². The largest absolute Gasteiger partial charge is 0.378 e. The van der Waals surface area contributed by atoms with E-state index in [-0.39, 0.29) is 11.8 Å². The summed E-state index contributed by atoms with van der Waals surface area (Å²) in [6, 6.07) is 23.6. The van der Waals surface area contributed by atoms with E-state index >= 15 is 0 Å². The number of anilines is 6. The first-order chi connectivity index (χ1) is 35.1. The van der Waals surface area contributed by atoms with Gasteiger partial charge in [-0.3, -0.25) is 29.8 Å². The van der Waals surface area contributed by atoms with Gasteiger partial charge < -0.3 is 45.6 Å². The van der Waals surface area contributed by atoms with Crippen molar-refractivity contribution < 1.29 is 14.3 Å². The highest BCUT2D eigenvalue weighted by atomic mass is 16.5. The molecular weight excluding hydrogens is 909 g/mol. The third kappa shape index (κ3) is 12.5. The van der Waals surface area contributed by atoms with Gasteiger partial charge in [0.05, 0.1) is 71.8 Å². The number of hydrogen-bond acceptors (Lipinski definition) is 15. The summed E-state index contributed by atoms with van der Waals surface area (Å²) in [7, 11) is 8.10. The lowest BCUT2D eigenvalue weighted by atomic mass is 10.0. The van der Waals surface area contributed by atoms with Crippen LogP contribution in [0.25, 0.3) is 44.1 Å². The Morgan fingerprint density at radius 2 is 1.03 bits per heavy atom. The number of carbonyl (C=O) groups excluding carboxylic acids is 2. The molecule has 372 valence electrons. The number of amides is 2. The van der Waals surface area contributed by atoms with Gasteiger partial charge in [0, 0.05) is 86.7 Å². The van der Waals surface area contributed by atoms with Crippen molar-refractivity contribution in [2.75, 3.05) is 125 Å². The highest BCUT2D eigenvalue weighted by Crippen LogP contribution is 2.31. The van der Waals surface area contributed by atoms with Gasteiger partial charge in [-0.2, -0.15) is 10.2 Å². The second kappa shape index (κ2) is 23.3. The fourth-order valence-electron chi connectivity index (χ4n) is 8.56. The van der Waals surface area contributed by atoms with Crippen LogP contribution in [0.1, 0.15) is 40.2 Å². The van der Waals surface area contributed by atoms with Crippen LogP contribution in [-0.2, 0) is 4.74 Å². The van der Waals surface area contributed by atoms with Crippen LogP contribution >= 0.6 is 0 Å². The first-order valence-corrected chi connectivity index (χ1v) is 24.4. The monoisotopic (exact) mass is 971 g/mol. The SMILES string of the molecule is CN(C)CCNc1ccc(NC(=O)c2n[nH]c3ccc(-c4cncc(N5CCCCC5)c4)cc23)cn1.CN(C)CCNc1ccc(NC(=O)c2n[nH]c3ccc(-c4cncc(N5CCOCC5)c4)cc23)cn1. The molecule has 2 aromatic carbocycles. The number of likely N-dealkylation sites (N-methyl/N-ethyl adjacent to an activating group) is 2. The minimum Gasteiger partial charge on any atom is -0.378 e. The van der Waals surface area contributed by atoms with Crippen molar-refractivity contribution in [3.63, 3.8) is 0 Å². The molecule has 8 heterocycles. The zero-order valence-corrected chi connectivity index (χ0v) is 41.3. The Kier molecular flexibility index (Phi) is 15.8. The number of carbonyl (C=O) groups is 2. The van der Waals surface area contributed by atoms with Crippen molar-refractivity contribution in [3.05, 3.63) is 121 Å². The van der Waals surface area contributed by atoms with Crippen LogP contribution in [-0.4, -0.2) is 156 Å². The first kappa shape index (κ1) is 49.0. The van der Waals surface area contributed by atoms with E-state index in [1.165, 1.54) is 19.3 Å².